The van der Waals surface area contributed by atoms with Gasteiger partial charge in [-0.15, -0.1) is 11.8 Å². The van der Waals surface area contributed by atoms with Gasteiger partial charge in [-0.25, -0.2) is 9.37 Å². The molecule has 30 heavy (non-hydrogen) atoms. The molecular formula is C22H20FN3O2S2. The van der Waals surface area contributed by atoms with Crippen LogP contribution in [-0.2, 0) is 17.8 Å². The average molecular weight is 442 g/mol. The van der Waals surface area contributed by atoms with E-state index in [9.17, 15) is 14.0 Å². The van der Waals surface area contributed by atoms with Gasteiger partial charge in [0.1, 0.15) is 5.82 Å². The maximum absolute atomic E-state index is 13.8. The lowest BCUT2D eigenvalue weighted by molar-refractivity contribution is -0.113. The number of anilines is 1. The van der Waals surface area contributed by atoms with Crippen LogP contribution in [0.1, 0.15) is 18.2 Å². The smallest absolute Gasteiger partial charge is 0.268 e. The number of carbonyl (C=O) groups excluding carboxylic acids is 1. The summed E-state index contributed by atoms with van der Waals surface area (Å²) in [5, 5.41) is 3.37. The number of rotatable bonds is 6. The first-order chi connectivity index (χ1) is 14.5. The molecule has 1 atom stereocenters. The molecule has 3 aromatic rings. The zero-order valence-corrected chi connectivity index (χ0v) is 17.9. The van der Waals surface area contributed by atoms with Gasteiger partial charge in [-0.2, -0.15) is 0 Å². The van der Waals surface area contributed by atoms with Crippen LogP contribution in [0.2, 0.25) is 0 Å². The lowest BCUT2D eigenvalue weighted by Crippen LogP contribution is -2.26. The van der Waals surface area contributed by atoms with Crippen molar-refractivity contribution in [2.24, 2.45) is 0 Å². The van der Waals surface area contributed by atoms with E-state index < -0.39 is 5.82 Å². The van der Waals surface area contributed by atoms with Gasteiger partial charge in [0.05, 0.1) is 28.6 Å². The van der Waals surface area contributed by atoms with Crippen LogP contribution in [0, 0.1) is 5.82 Å². The zero-order chi connectivity index (χ0) is 21.1. The summed E-state index contributed by atoms with van der Waals surface area (Å²) in [6, 6.07) is 15.7. The van der Waals surface area contributed by atoms with Gasteiger partial charge < -0.3 is 5.32 Å². The standard InChI is InChI=1S/C22H20FN3O2S2/c1-14-11-18-20(30-14)21(28)26(12-15-7-3-2-4-8-15)22(25-18)29-13-19(27)24-17-10-6-5-9-16(17)23/h2-10,14H,11-13H2,1H3,(H,24,27)/t14-/m1/s1. The average Bonchev–Trinajstić information content (AvgIpc) is 3.12. The van der Waals surface area contributed by atoms with E-state index in [1.165, 1.54) is 23.9 Å². The molecule has 1 aromatic heterocycles. The fraction of sp³-hybridized carbons (Fsp3) is 0.227. The van der Waals surface area contributed by atoms with Crippen LogP contribution in [-0.4, -0.2) is 26.5 Å². The lowest BCUT2D eigenvalue weighted by atomic mass is 10.2. The highest BCUT2D eigenvalue weighted by Gasteiger charge is 2.26. The molecule has 0 fully saturated rings. The van der Waals surface area contributed by atoms with Crippen LogP contribution in [0.4, 0.5) is 10.1 Å². The highest BCUT2D eigenvalue weighted by Crippen LogP contribution is 2.34. The van der Waals surface area contributed by atoms with E-state index in [0.29, 0.717) is 21.8 Å². The minimum atomic E-state index is -0.487. The fourth-order valence-corrected chi connectivity index (χ4v) is 5.16. The van der Waals surface area contributed by atoms with Crippen molar-refractivity contribution in [2.45, 2.75) is 35.2 Å². The van der Waals surface area contributed by atoms with Gasteiger partial charge >= 0.3 is 0 Å². The van der Waals surface area contributed by atoms with Crippen molar-refractivity contribution in [1.82, 2.24) is 9.55 Å². The van der Waals surface area contributed by atoms with Gasteiger partial charge in [0.25, 0.3) is 5.56 Å². The molecule has 2 aromatic carbocycles. The van der Waals surface area contributed by atoms with Crippen LogP contribution in [0.3, 0.4) is 0 Å². The molecule has 0 bridgehead atoms. The summed E-state index contributed by atoms with van der Waals surface area (Å²) in [6.45, 7) is 2.45. The Morgan fingerprint density at radius 1 is 1.23 bits per heavy atom. The van der Waals surface area contributed by atoms with Crippen molar-refractivity contribution in [1.29, 1.82) is 0 Å². The van der Waals surface area contributed by atoms with E-state index in [-0.39, 0.29) is 22.9 Å². The van der Waals surface area contributed by atoms with Crippen molar-refractivity contribution >= 4 is 35.1 Å². The van der Waals surface area contributed by atoms with Crippen molar-refractivity contribution < 1.29 is 9.18 Å². The molecule has 4 rings (SSSR count). The van der Waals surface area contributed by atoms with Gasteiger partial charge in [-0.3, -0.25) is 14.2 Å². The molecule has 0 saturated heterocycles. The maximum Gasteiger partial charge on any atom is 0.268 e. The number of halogens is 1. The van der Waals surface area contributed by atoms with E-state index in [1.54, 1.807) is 28.5 Å². The Balaban J connectivity index is 1.58. The van der Waals surface area contributed by atoms with Gasteiger partial charge in [0.15, 0.2) is 5.16 Å². The summed E-state index contributed by atoms with van der Waals surface area (Å²) < 4.78 is 15.4. The topological polar surface area (TPSA) is 64.0 Å². The first kappa shape index (κ1) is 20.7. The van der Waals surface area contributed by atoms with Crippen LogP contribution >= 0.6 is 23.5 Å². The Morgan fingerprint density at radius 2 is 1.97 bits per heavy atom. The van der Waals surface area contributed by atoms with Crippen LogP contribution in [0.25, 0.3) is 0 Å². The molecule has 0 aliphatic carbocycles. The van der Waals surface area contributed by atoms with Crippen LogP contribution < -0.4 is 10.9 Å². The minimum Gasteiger partial charge on any atom is -0.323 e. The Kier molecular flexibility index (Phi) is 6.24. The van der Waals surface area contributed by atoms with Crippen LogP contribution in [0.15, 0.2) is 69.4 Å². The van der Waals surface area contributed by atoms with Gasteiger partial charge in [-0.05, 0) is 17.7 Å². The molecule has 0 spiro atoms. The second-order valence-corrected chi connectivity index (χ2v) is 9.39. The molecule has 1 aliphatic heterocycles. The predicted molar refractivity (Wildman–Crippen MR) is 119 cm³/mol. The van der Waals surface area contributed by atoms with Crippen molar-refractivity contribution in [3.8, 4) is 0 Å². The number of fused-ring (bicyclic) bond motifs is 1. The van der Waals surface area contributed by atoms with E-state index in [4.69, 9.17) is 4.98 Å². The van der Waals surface area contributed by atoms with Gasteiger partial charge in [-0.1, -0.05) is 61.2 Å². The molecule has 0 saturated carbocycles. The zero-order valence-electron chi connectivity index (χ0n) is 16.3. The monoisotopic (exact) mass is 441 g/mol. The molecule has 0 radical (unpaired) electrons. The normalized spacial score (nSPS) is 15.1. The first-order valence-electron chi connectivity index (χ1n) is 9.52. The highest BCUT2D eigenvalue weighted by molar-refractivity contribution is 8.00. The molecule has 5 nitrogen and oxygen atoms in total. The molecule has 0 unspecified atom stereocenters. The van der Waals surface area contributed by atoms with Crippen molar-refractivity contribution in [2.75, 3.05) is 11.1 Å². The van der Waals surface area contributed by atoms with E-state index in [2.05, 4.69) is 12.2 Å². The molecule has 8 heteroatoms. The van der Waals surface area contributed by atoms with E-state index in [1.807, 2.05) is 30.3 Å². The molecular weight excluding hydrogens is 421 g/mol. The number of nitrogens with zero attached hydrogens (tertiary/aromatic N) is 2. The second kappa shape index (κ2) is 9.06. The summed E-state index contributed by atoms with van der Waals surface area (Å²) in [6.07, 6.45) is 0.733. The predicted octanol–water partition coefficient (Wildman–Crippen LogP) is 4.20. The number of benzene rings is 2. The number of carbonyl (C=O) groups is 1. The number of amides is 1. The number of para-hydroxylation sites is 1. The van der Waals surface area contributed by atoms with Crippen molar-refractivity contribution in [3.63, 3.8) is 0 Å². The SMILES string of the molecule is C[C@@H]1Cc2nc(SCC(=O)Nc3ccccc3F)n(Cc3ccccc3)c(=O)c2S1. The summed E-state index contributed by atoms with van der Waals surface area (Å²) in [5.41, 5.74) is 1.83. The molecule has 1 aliphatic rings. The molecule has 1 amide bonds. The molecule has 2 heterocycles. The van der Waals surface area contributed by atoms with Crippen molar-refractivity contribution in [3.05, 3.63) is 82.0 Å². The summed E-state index contributed by atoms with van der Waals surface area (Å²) in [4.78, 5) is 30.9. The Bertz CT molecular complexity index is 1130. The first-order valence-corrected chi connectivity index (χ1v) is 11.4. The highest BCUT2D eigenvalue weighted by atomic mass is 32.2. The Morgan fingerprint density at radius 3 is 2.73 bits per heavy atom. The molecule has 1 N–H and O–H groups in total. The largest absolute Gasteiger partial charge is 0.323 e. The minimum absolute atomic E-state index is 0.0248. The van der Waals surface area contributed by atoms with E-state index in [0.717, 1.165) is 17.7 Å². The Hall–Kier alpha value is -2.58. The number of hydrogen-bond donors (Lipinski definition) is 1. The molecule has 154 valence electrons. The van der Waals surface area contributed by atoms with Gasteiger partial charge in [0.2, 0.25) is 5.91 Å². The third-order valence-electron chi connectivity index (χ3n) is 4.63. The third kappa shape index (κ3) is 4.60. The summed E-state index contributed by atoms with van der Waals surface area (Å²) in [7, 11) is 0. The third-order valence-corrected chi connectivity index (χ3v) is 6.82. The lowest BCUT2D eigenvalue weighted by Gasteiger charge is -2.14. The second-order valence-electron chi connectivity index (χ2n) is 7.00. The van der Waals surface area contributed by atoms with Crippen LogP contribution in [0.5, 0.6) is 0 Å². The number of aromatic nitrogens is 2. The van der Waals surface area contributed by atoms with E-state index >= 15 is 0 Å². The fourth-order valence-electron chi connectivity index (χ4n) is 3.23. The quantitative estimate of drug-likeness (QED) is 0.459. The Labute approximate surface area is 182 Å². The maximum atomic E-state index is 13.8. The number of nitrogens with one attached hydrogen (secondary N) is 1. The summed E-state index contributed by atoms with van der Waals surface area (Å²) in [5.74, 6) is -0.816. The number of thioether (sulfide) groups is 2. The van der Waals surface area contributed by atoms with Gasteiger partial charge in [0, 0.05) is 11.7 Å². The summed E-state index contributed by atoms with van der Waals surface area (Å²) >= 11 is 2.74. The number of hydrogen-bond acceptors (Lipinski definition) is 5.